The highest BCUT2D eigenvalue weighted by molar-refractivity contribution is 5.77. The molecule has 0 saturated carbocycles. The predicted octanol–water partition coefficient (Wildman–Crippen LogP) is 5.17. The number of hydrogen-bond acceptors (Lipinski definition) is 7. The zero-order valence-corrected chi connectivity index (χ0v) is 22.5. The Morgan fingerprint density at radius 3 is 2.43 bits per heavy atom. The van der Waals surface area contributed by atoms with Gasteiger partial charge in [-0.2, -0.15) is 18.9 Å². The van der Waals surface area contributed by atoms with E-state index in [1.54, 1.807) is 30.7 Å². The maximum absolute atomic E-state index is 13.7. The Morgan fingerprint density at radius 2 is 1.71 bits per heavy atom. The minimum atomic E-state index is -1.44. The molecule has 1 fully saturated rings. The van der Waals surface area contributed by atoms with Crippen molar-refractivity contribution < 1.29 is 22.7 Å². The lowest BCUT2D eigenvalue weighted by Gasteiger charge is -2.33. The van der Waals surface area contributed by atoms with Crippen LogP contribution in [0.4, 0.5) is 23.4 Å². The molecule has 1 saturated heterocycles. The van der Waals surface area contributed by atoms with Gasteiger partial charge >= 0.3 is 0 Å². The molecule has 4 aromatic heterocycles. The summed E-state index contributed by atoms with van der Waals surface area (Å²) in [6.45, 7) is 2.08. The Bertz CT molecular complexity index is 1660. The first-order valence-corrected chi connectivity index (χ1v) is 13.6. The fraction of sp³-hybridized carbons (Fsp3) is 0.310. The van der Waals surface area contributed by atoms with Gasteiger partial charge in [0.25, 0.3) is 0 Å². The molecule has 2 N–H and O–H groups in total. The van der Waals surface area contributed by atoms with E-state index in [-0.39, 0.29) is 29.9 Å². The molecular weight excluding hydrogens is 552 g/mol. The quantitative estimate of drug-likeness (QED) is 0.141. The van der Waals surface area contributed by atoms with Gasteiger partial charge in [-0.15, -0.1) is 0 Å². The minimum Gasteiger partial charge on any atom is -0.369 e. The molecule has 0 radical (unpaired) electrons. The van der Waals surface area contributed by atoms with Crippen LogP contribution in [0.3, 0.4) is 0 Å². The number of aliphatic hydroxyl groups excluding tert-OH is 1. The van der Waals surface area contributed by atoms with Crippen molar-refractivity contribution in [2.24, 2.45) is 0 Å². The second-order valence-electron chi connectivity index (χ2n) is 10.2. The molecule has 1 aromatic carbocycles. The maximum Gasteiger partial charge on any atom is 0.215 e. The van der Waals surface area contributed by atoms with Crippen LogP contribution in [0, 0.1) is 17.7 Å². The van der Waals surface area contributed by atoms with E-state index in [9.17, 15) is 22.7 Å². The minimum absolute atomic E-state index is 0.0470. The zero-order valence-electron chi connectivity index (χ0n) is 22.5. The van der Waals surface area contributed by atoms with E-state index in [1.807, 2.05) is 6.07 Å². The SMILES string of the molecule is OC(Nc1cn2nc(-c3c(-c4ccc(F)cc4)ncn3C3CCN(CCCF)CC3)ccc2n1)c1cc(F)nc(F)c1. The Hall–Kier alpha value is -4.36. The number of piperidine rings is 1. The molecule has 6 rings (SSSR count). The van der Waals surface area contributed by atoms with Crippen LogP contribution < -0.4 is 5.32 Å². The Balaban J connectivity index is 1.32. The number of nitrogens with one attached hydrogen (secondary N) is 1. The van der Waals surface area contributed by atoms with E-state index in [4.69, 9.17) is 10.1 Å². The summed E-state index contributed by atoms with van der Waals surface area (Å²) in [6.07, 6.45) is 4.13. The number of rotatable bonds is 9. The van der Waals surface area contributed by atoms with E-state index in [0.29, 0.717) is 23.5 Å². The van der Waals surface area contributed by atoms with Gasteiger partial charge in [0.05, 0.1) is 30.6 Å². The predicted molar refractivity (Wildman–Crippen MR) is 148 cm³/mol. The molecule has 9 nitrogen and oxygen atoms in total. The van der Waals surface area contributed by atoms with E-state index in [1.165, 1.54) is 16.6 Å². The number of hydrogen-bond donors (Lipinski definition) is 2. The van der Waals surface area contributed by atoms with Crippen molar-refractivity contribution in [3.8, 4) is 22.6 Å². The first kappa shape index (κ1) is 27.8. The highest BCUT2D eigenvalue weighted by Gasteiger charge is 2.26. The van der Waals surface area contributed by atoms with Gasteiger partial charge in [-0.1, -0.05) is 0 Å². The number of pyridine rings is 1. The van der Waals surface area contributed by atoms with Crippen LogP contribution in [0.1, 0.15) is 37.1 Å². The van der Waals surface area contributed by atoms with Crippen molar-refractivity contribution >= 4 is 11.5 Å². The second-order valence-corrected chi connectivity index (χ2v) is 10.2. The van der Waals surface area contributed by atoms with E-state index < -0.39 is 18.1 Å². The van der Waals surface area contributed by atoms with Crippen LogP contribution in [0.15, 0.2) is 61.1 Å². The third kappa shape index (κ3) is 5.83. The summed E-state index contributed by atoms with van der Waals surface area (Å²) in [6, 6.07) is 11.7. The van der Waals surface area contributed by atoms with Gasteiger partial charge in [0.1, 0.15) is 17.3 Å². The number of nitrogens with zero attached hydrogens (tertiary/aromatic N) is 7. The smallest absolute Gasteiger partial charge is 0.215 e. The highest BCUT2D eigenvalue weighted by atomic mass is 19.1. The summed E-state index contributed by atoms with van der Waals surface area (Å²) < 4.78 is 57.1. The van der Waals surface area contributed by atoms with Crippen molar-refractivity contribution in [3.63, 3.8) is 0 Å². The lowest BCUT2D eigenvalue weighted by Crippen LogP contribution is -2.35. The highest BCUT2D eigenvalue weighted by Crippen LogP contribution is 2.35. The molecule has 1 unspecified atom stereocenters. The van der Waals surface area contributed by atoms with Gasteiger partial charge in [0, 0.05) is 48.9 Å². The molecule has 0 amide bonds. The number of alkyl halides is 1. The molecule has 0 bridgehead atoms. The van der Waals surface area contributed by atoms with Crippen LogP contribution >= 0.6 is 0 Å². The van der Waals surface area contributed by atoms with Gasteiger partial charge < -0.3 is 19.9 Å². The second kappa shape index (κ2) is 11.9. The average molecular weight is 581 g/mol. The third-order valence-corrected chi connectivity index (χ3v) is 7.42. The van der Waals surface area contributed by atoms with Gasteiger partial charge in [-0.05, 0) is 55.7 Å². The number of aromatic nitrogens is 6. The molecule has 1 aliphatic rings. The van der Waals surface area contributed by atoms with Crippen molar-refractivity contribution in [1.82, 2.24) is 34.0 Å². The first-order valence-electron chi connectivity index (χ1n) is 13.6. The number of fused-ring (bicyclic) bond motifs is 1. The molecule has 218 valence electrons. The lowest BCUT2D eigenvalue weighted by molar-refractivity contribution is 0.181. The van der Waals surface area contributed by atoms with Crippen LogP contribution in [0.25, 0.3) is 28.3 Å². The molecule has 1 atom stereocenters. The largest absolute Gasteiger partial charge is 0.369 e. The molecule has 5 heterocycles. The molecule has 0 aliphatic carbocycles. The van der Waals surface area contributed by atoms with Crippen LogP contribution in [-0.2, 0) is 0 Å². The monoisotopic (exact) mass is 580 g/mol. The first-order chi connectivity index (χ1) is 20.4. The van der Waals surface area contributed by atoms with Crippen molar-refractivity contribution in [2.45, 2.75) is 31.5 Å². The topological polar surface area (TPSA) is 96.4 Å². The number of aliphatic hydroxyl groups is 1. The normalized spacial score (nSPS) is 15.4. The maximum atomic E-state index is 13.7. The van der Waals surface area contributed by atoms with Crippen molar-refractivity contribution in [3.05, 3.63) is 84.3 Å². The molecule has 1 aliphatic heterocycles. The van der Waals surface area contributed by atoms with Gasteiger partial charge in [0.15, 0.2) is 11.9 Å². The number of benzene rings is 1. The third-order valence-electron chi connectivity index (χ3n) is 7.42. The van der Waals surface area contributed by atoms with Crippen molar-refractivity contribution in [1.29, 1.82) is 0 Å². The van der Waals surface area contributed by atoms with Crippen LogP contribution in [0.5, 0.6) is 0 Å². The number of imidazole rings is 2. The summed E-state index contributed by atoms with van der Waals surface area (Å²) in [5.74, 6) is -2.21. The molecule has 42 heavy (non-hydrogen) atoms. The molecule has 13 heteroatoms. The molecular formula is C29H28F4N8O. The van der Waals surface area contributed by atoms with E-state index >= 15 is 0 Å². The zero-order chi connectivity index (χ0) is 29.2. The Morgan fingerprint density at radius 1 is 0.976 bits per heavy atom. The summed E-state index contributed by atoms with van der Waals surface area (Å²) in [7, 11) is 0. The fourth-order valence-electron chi connectivity index (χ4n) is 5.36. The van der Waals surface area contributed by atoms with E-state index in [0.717, 1.165) is 55.9 Å². The number of anilines is 1. The fourth-order valence-corrected chi connectivity index (χ4v) is 5.36. The number of likely N-dealkylation sites (tertiary alicyclic amines) is 1. The van der Waals surface area contributed by atoms with Gasteiger partial charge in [-0.25, -0.2) is 18.9 Å². The molecule has 0 spiro atoms. The average Bonchev–Trinajstić information content (AvgIpc) is 3.60. The standard InChI is InChI=1S/C29H28F4N8O/c30-10-1-11-39-12-8-21(9-13-39)40-17-34-27(18-2-4-20(31)5-3-18)28(40)22-6-7-26-36-25(16-41(26)38-22)37-29(42)19-14-23(32)35-24(33)15-19/h2-7,14-17,21,29,37,42H,1,8-13H2. The summed E-state index contributed by atoms with van der Waals surface area (Å²) in [5.41, 5.74) is 3.17. The van der Waals surface area contributed by atoms with Crippen LogP contribution in [-0.4, -0.2) is 65.4 Å². The number of halogens is 4. The molecule has 5 aromatic rings. The summed E-state index contributed by atoms with van der Waals surface area (Å²) in [4.78, 5) is 14.4. The van der Waals surface area contributed by atoms with Crippen LogP contribution in [0.2, 0.25) is 0 Å². The lowest BCUT2D eigenvalue weighted by atomic mass is 10.0. The van der Waals surface area contributed by atoms with Crippen molar-refractivity contribution in [2.75, 3.05) is 31.6 Å². The summed E-state index contributed by atoms with van der Waals surface area (Å²) in [5, 5.41) is 18.0. The van der Waals surface area contributed by atoms with Gasteiger partial charge in [-0.3, -0.25) is 4.39 Å². The van der Waals surface area contributed by atoms with Gasteiger partial charge in [0.2, 0.25) is 11.9 Å². The Labute approximate surface area is 238 Å². The summed E-state index contributed by atoms with van der Waals surface area (Å²) >= 11 is 0. The Kier molecular flexibility index (Phi) is 7.85. The van der Waals surface area contributed by atoms with E-state index in [2.05, 4.69) is 24.8 Å².